The van der Waals surface area contributed by atoms with Crippen molar-refractivity contribution >= 4 is 10.1 Å². The summed E-state index contributed by atoms with van der Waals surface area (Å²) in [4.78, 5) is 0. The molecule has 0 aliphatic carbocycles. The predicted octanol–water partition coefficient (Wildman–Crippen LogP) is 1.01. The van der Waals surface area contributed by atoms with Crippen LogP contribution in [0.2, 0.25) is 0 Å². The van der Waals surface area contributed by atoms with Crippen LogP contribution in [0, 0.1) is 6.92 Å². The minimum Gasteiger partial charge on any atom is -0.507 e. The highest BCUT2D eigenvalue weighted by Gasteiger charge is 2.27. The van der Waals surface area contributed by atoms with Gasteiger partial charge in [-0.2, -0.15) is 8.42 Å². The Morgan fingerprint density at radius 1 is 1.38 bits per heavy atom. The maximum absolute atomic E-state index is 11.1. The zero-order valence-corrected chi connectivity index (χ0v) is 9.61. The summed E-state index contributed by atoms with van der Waals surface area (Å²) in [5, 5.41) is 17.2. The lowest BCUT2D eigenvalue weighted by molar-refractivity contribution is 0.282. The van der Waals surface area contributed by atoms with E-state index in [2.05, 4.69) is 0 Å². The Labute approximate surface area is 94.1 Å². The lowest BCUT2D eigenvalue weighted by Gasteiger charge is -2.15. The molecular formula is C10H14O5S. The Hall–Kier alpha value is -1.11. The summed E-state index contributed by atoms with van der Waals surface area (Å²) in [7, 11) is -4.34. The normalized spacial score (nSPS) is 13.7. The number of phenolic OH excluding ortho intramolecular Hbond substituents is 1. The lowest BCUT2D eigenvalue weighted by atomic mass is 10.1. The molecule has 0 fully saturated rings. The minimum atomic E-state index is -4.34. The van der Waals surface area contributed by atoms with Gasteiger partial charge in [0.1, 0.15) is 11.0 Å². The van der Waals surface area contributed by atoms with E-state index in [-0.39, 0.29) is 17.7 Å². The van der Waals surface area contributed by atoms with E-state index < -0.39 is 22.0 Å². The SMILES string of the molecule is Cc1cccc(C(CCO)S(=O)(=O)O)c1O. The van der Waals surface area contributed by atoms with Gasteiger partial charge >= 0.3 is 0 Å². The van der Waals surface area contributed by atoms with E-state index in [1.54, 1.807) is 19.1 Å². The summed E-state index contributed by atoms with van der Waals surface area (Å²) in [6.45, 7) is 1.23. The third-order valence-corrected chi connectivity index (χ3v) is 3.58. The molecule has 0 radical (unpaired) electrons. The van der Waals surface area contributed by atoms with Crippen molar-refractivity contribution in [3.05, 3.63) is 29.3 Å². The van der Waals surface area contributed by atoms with Crippen molar-refractivity contribution < 1.29 is 23.2 Å². The molecule has 1 rings (SSSR count). The number of rotatable bonds is 4. The fourth-order valence-corrected chi connectivity index (χ4v) is 2.44. The number of phenols is 1. The Morgan fingerprint density at radius 3 is 2.50 bits per heavy atom. The van der Waals surface area contributed by atoms with Gasteiger partial charge in [0.15, 0.2) is 0 Å². The second-order valence-corrected chi connectivity index (χ2v) is 5.13. The van der Waals surface area contributed by atoms with E-state index in [0.717, 1.165) is 0 Å². The van der Waals surface area contributed by atoms with Gasteiger partial charge < -0.3 is 10.2 Å². The van der Waals surface area contributed by atoms with Crippen LogP contribution >= 0.6 is 0 Å². The van der Waals surface area contributed by atoms with Gasteiger partial charge in [-0.25, -0.2) is 0 Å². The summed E-state index contributed by atoms with van der Waals surface area (Å²) < 4.78 is 31.3. The Kier molecular flexibility index (Phi) is 3.90. The molecule has 0 aromatic heterocycles. The van der Waals surface area contributed by atoms with E-state index in [1.807, 2.05) is 0 Å². The first-order valence-corrected chi connectivity index (χ1v) is 6.24. The third-order valence-electron chi connectivity index (χ3n) is 2.37. The molecule has 0 heterocycles. The van der Waals surface area contributed by atoms with Crippen molar-refractivity contribution in [3.63, 3.8) is 0 Å². The summed E-state index contributed by atoms with van der Waals surface area (Å²) in [5.41, 5.74) is 0.626. The summed E-state index contributed by atoms with van der Waals surface area (Å²) in [6.07, 6.45) is -0.157. The molecule has 3 N–H and O–H groups in total. The van der Waals surface area contributed by atoms with E-state index in [0.29, 0.717) is 5.56 Å². The van der Waals surface area contributed by atoms with Gasteiger partial charge in [-0.1, -0.05) is 18.2 Å². The largest absolute Gasteiger partial charge is 0.507 e. The molecule has 0 saturated carbocycles. The molecule has 1 aromatic rings. The van der Waals surface area contributed by atoms with E-state index in [1.165, 1.54) is 6.07 Å². The molecule has 6 heteroatoms. The molecule has 1 aromatic carbocycles. The van der Waals surface area contributed by atoms with Crippen LogP contribution in [0.4, 0.5) is 0 Å². The molecule has 16 heavy (non-hydrogen) atoms. The number of para-hydroxylation sites is 1. The van der Waals surface area contributed by atoms with Crippen LogP contribution in [0.5, 0.6) is 5.75 Å². The maximum Gasteiger partial charge on any atom is 0.272 e. The predicted molar refractivity (Wildman–Crippen MR) is 58.8 cm³/mol. The van der Waals surface area contributed by atoms with Crippen LogP contribution in [0.15, 0.2) is 18.2 Å². The first-order valence-electron chi connectivity index (χ1n) is 4.73. The van der Waals surface area contributed by atoms with E-state index in [9.17, 15) is 13.5 Å². The highest BCUT2D eigenvalue weighted by Crippen LogP contribution is 2.33. The van der Waals surface area contributed by atoms with Gasteiger partial charge in [-0.05, 0) is 18.9 Å². The smallest absolute Gasteiger partial charge is 0.272 e. The van der Waals surface area contributed by atoms with Crippen molar-refractivity contribution in [2.75, 3.05) is 6.61 Å². The van der Waals surface area contributed by atoms with Gasteiger partial charge in [-0.3, -0.25) is 4.55 Å². The van der Waals surface area contributed by atoms with Crippen molar-refractivity contribution in [3.8, 4) is 5.75 Å². The van der Waals surface area contributed by atoms with Crippen LogP contribution in [-0.4, -0.2) is 29.8 Å². The Bertz CT molecular complexity index is 466. The van der Waals surface area contributed by atoms with E-state index in [4.69, 9.17) is 9.66 Å². The molecule has 0 saturated heterocycles. The Balaban J connectivity index is 3.27. The fourth-order valence-electron chi connectivity index (χ4n) is 1.52. The first-order chi connectivity index (χ1) is 7.38. The van der Waals surface area contributed by atoms with Crippen molar-refractivity contribution in [2.45, 2.75) is 18.6 Å². The molecule has 0 spiro atoms. The number of aryl methyl sites for hydroxylation is 1. The number of aromatic hydroxyl groups is 1. The zero-order valence-electron chi connectivity index (χ0n) is 8.79. The molecule has 90 valence electrons. The standard InChI is InChI=1S/C10H14O5S/c1-7-3-2-4-8(10(7)12)9(5-6-11)16(13,14)15/h2-4,9,11-12H,5-6H2,1H3,(H,13,14,15). The quantitative estimate of drug-likeness (QED) is 0.689. The molecule has 1 atom stereocenters. The first kappa shape index (κ1) is 13.0. The fraction of sp³-hybridized carbons (Fsp3) is 0.400. The van der Waals surface area contributed by atoms with Crippen LogP contribution in [0.25, 0.3) is 0 Å². The van der Waals surface area contributed by atoms with Gasteiger partial charge in [-0.15, -0.1) is 0 Å². The van der Waals surface area contributed by atoms with E-state index >= 15 is 0 Å². The van der Waals surface area contributed by atoms with Crippen LogP contribution in [0.3, 0.4) is 0 Å². The summed E-state index contributed by atoms with van der Waals surface area (Å²) in [5.74, 6) is -0.168. The number of aliphatic hydroxyl groups is 1. The van der Waals surface area contributed by atoms with Crippen molar-refractivity contribution in [2.24, 2.45) is 0 Å². The van der Waals surface area contributed by atoms with Crippen molar-refractivity contribution in [1.82, 2.24) is 0 Å². The number of hydrogen-bond acceptors (Lipinski definition) is 4. The van der Waals surface area contributed by atoms with Gasteiger partial charge in [0, 0.05) is 12.2 Å². The van der Waals surface area contributed by atoms with Crippen LogP contribution < -0.4 is 0 Å². The number of benzene rings is 1. The monoisotopic (exact) mass is 246 g/mol. The van der Waals surface area contributed by atoms with Gasteiger partial charge in [0.25, 0.3) is 10.1 Å². The third kappa shape index (κ3) is 2.72. The topological polar surface area (TPSA) is 94.8 Å². The highest BCUT2D eigenvalue weighted by atomic mass is 32.2. The number of hydrogen-bond donors (Lipinski definition) is 3. The molecule has 0 aliphatic rings. The Morgan fingerprint density at radius 2 is 2.00 bits per heavy atom. The lowest BCUT2D eigenvalue weighted by Crippen LogP contribution is -2.14. The van der Waals surface area contributed by atoms with Crippen LogP contribution in [0.1, 0.15) is 22.8 Å². The average Bonchev–Trinajstić information content (AvgIpc) is 2.18. The maximum atomic E-state index is 11.1. The highest BCUT2D eigenvalue weighted by molar-refractivity contribution is 7.86. The molecule has 5 nitrogen and oxygen atoms in total. The summed E-state index contributed by atoms with van der Waals surface area (Å²) >= 11 is 0. The average molecular weight is 246 g/mol. The summed E-state index contributed by atoms with van der Waals surface area (Å²) in [6, 6.07) is 4.62. The van der Waals surface area contributed by atoms with Crippen LogP contribution in [-0.2, 0) is 10.1 Å². The molecule has 0 aliphatic heterocycles. The zero-order chi connectivity index (χ0) is 12.3. The van der Waals surface area contributed by atoms with Gasteiger partial charge in [0.05, 0.1) is 0 Å². The molecule has 0 bridgehead atoms. The molecular weight excluding hydrogens is 232 g/mol. The molecule has 1 unspecified atom stereocenters. The number of aliphatic hydroxyl groups excluding tert-OH is 1. The second-order valence-electron chi connectivity index (χ2n) is 3.53. The molecule has 0 amide bonds. The van der Waals surface area contributed by atoms with Gasteiger partial charge in [0.2, 0.25) is 0 Å². The second kappa shape index (κ2) is 4.82. The van der Waals surface area contributed by atoms with Crippen molar-refractivity contribution in [1.29, 1.82) is 0 Å². The minimum absolute atomic E-state index is 0.108.